The van der Waals surface area contributed by atoms with Gasteiger partial charge in [0.1, 0.15) is 34.9 Å². The predicted molar refractivity (Wildman–Crippen MR) is 159 cm³/mol. The van der Waals surface area contributed by atoms with Gasteiger partial charge in [0.15, 0.2) is 17.9 Å². The minimum absolute atomic E-state index is 0.0595. The highest BCUT2D eigenvalue weighted by Crippen LogP contribution is 2.38. The zero-order valence-corrected chi connectivity index (χ0v) is 25.1. The van der Waals surface area contributed by atoms with E-state index in [1.165, 1.54) is 54.6 Å². The van der Waals surface area contributed by atoms with Crippen LogP contribution in [-0.4, -0.2) is 32.5 Å². The quantitative estimate of drug-likeness (QED) is 0.113. The molecular weight excluding hydrogens is 614 g/mol. The number of alkyl halides is 2. The molecule has 0 aliphatic carbocycles. The number of ether oxygens (including phenoxy) is 5. The van der Waals surface area contributed by atoms with Gasteiger partial charge in [0.25, 0.3) is 0 Å². The van der Waals surface area contributed by atoms with Crippen molar-refractivity contribution in [2.75, 3.05) is 26.4 Å². The van der Waals surface area contributed by atoms with Gasteiger partial charge in [-0.15, -0.1) is 0 Å². The summed E-state index contributed by atoms with van der Waals surface area (Å²) in [7, 11) is 0. The fourth-order valence-corrected chi connectivity index (χ4v) is 4.96. The van der Waals surface area contributed by atoms with E-state index in [-0.39, 0.29) is 48.6 Å². The number of hydrogen-bond acceptors (Lipinski definition) is 5. The van der Waals surface area contributed by atoms with Gasteiger partial charge < -0.3 is 23.7 Å². The molecule has 0 aromatic heterocycles. The van der Waals surface area contributed by atoms with Crippen molar-refractivity contribution in [3.63, 3.8) is 0 Å². The SMILES string of the molecule is CCCCOC1COC(c2cc(F)c(C(F)(F)Oc3ccc(-c4ccc(-c5ccc(OCC)c(F)c5)c(F)c4)cc3)c(F)c2)OC1. The van der Waals surface area contributed by atoms with Gasteiger partial charge in [-0.3, -0.25) is 0 Å². The summed E-state index contributed by atoms with van der Waals surface area (Å²) in [5.74, 6) is -4.65. The molecule has 0 amide bonds. The van der Waals surface area contributed by atoms with Crippen LogP contribution in [-0.2, 0) is 20.3 Å². The Kier molecular flexibility index (Phi) is 10.6. The minimum atomic E-state index is -4.37. The number of hydrogen-bond donors (Lipinski definition) is 0. The Morgan fingerprint density at radius 2 is 1.37 bits per heavy atom. The van der Waals surface area contributed by atoms with Crippen LogP contribution in [0.15, 0.2) is 72.8 Å². The van der Waals surface area contributed by atoms with Gasteiger partial charge in [-0.1, -0.05) is 43.7 Å². The fraction of sp³-hybridized carbons (Fsp3) is 0.314. The van der Waals surface area contributed by atoms with Gasteiger partial charge in [0, 0.05) is 17.7 Å². The average molecular weight is 647 g/mol. The lowest BCUT2D eigenvalue weighted by molar-refractivity contribution is -0.230. The van der Waals surface area contributed by atoms with Crippen LogP contribution in [0, 0.1) is 23.3 Å². The van der Waals surface area contributed by atoms with Crippen molar-refractivity contribution in [1.82, 2.24) is 0 Å². The Morgan fingerprint density at radius 1 is 0.739 bits per heavy atom. The molecule has 4 aromatic carbocycles. The first-order chi connectivity index (χ1) is 22.1. The fourth-order valence-electron chi connectivity index (χ4n) is 4.96. The molecule has 0 bridgehead atoms. The zero-order valence-electron chi connectivity index (χ0n) is 25.1. The van der Waals surface area contributed by atoms with Crippen molar-refractivity contribution >= 4 is 0 Å². The summed E-state index contributed by atoms with van der Waals surface area (Å²) in [6.07, 6.45) is -4.04. The maximum atomic E-state index is 15.0. The molecule has 1 fully saturated rings. The first-order valence-electron chi connectivity index (χ1n) is 14.8. The third kappa shape index (κ3) is 7.66. The maximum Gasteiger partial charge on any atom is 0.432 e. The Bertz CT molecular complexity index is 1610. The molecule has 0 saturated carbocycles. The van der Waals surface area contributed by atoms with E-state index < -0.39 is 41.2 Å². The highest BCUT2D eigenvalue weighted by Gasteiger charge is 2.42. The molecule has 5 rings (SSSR count). The van der Waals surface area contributed by atoms with Gasteiger partial charge >= 0.3 is 6.11 Å². The third-order valence-electron chi connectivity index (χ3n) is 7.29. The summed E-state index contributed by atoms with van der Waals surface area (Å²) < 4.78 is 116. The van der Waals surface area contributed by atoms with Gasteiger partial charge in [0.2, 0.25) is 0 Å². The monoisotopic (exact) mass is 646 g/mol. The molecule has 11 heteroatoms. The van der Waals surface area contributed by atoms with Crippen molar-refractivity contribution in [1.29, 1.82) is 0 Å². The number of rotatable bonds is 12. The van der Waals surface area contributed by atoms with Crippen LogP contribution in [0.3, 0.4) is 0 Å². The summed E-state index contributed by atoms with van der Waals surface area (Å²) in [6.45, 7) is 4.78. The predicted octanol–water partition coefficient (Wildman–Crippen LogP) is 9.33. The number of benzene rings is 4. The number of halogens is 6. The topological polar surface area (TPSA) is 46.2 Å². The van der Waals surface area contributed by atoms with Crippen molar-refractivity contribution in [3.05, 3.63) is 107 Å². The van der Waals surface area contributed by atoms with Crippen LogP contribution in [0.1, 0.15) is 44.1 Å². The second-order valence-corrected chi connectivity index (χ2v) is 10.6. The van der Waals surface area contributed by atoms with Crippen LogP contribution in [0.25, 0.3) is 22.3 Å². The van der Waals surface area contributed by atoms with Gasteiger partial charge in [-0.25, -0.2) is 17.6 Å². The van der Waals surface area contributed by atoms with Gasteiger partial charge in [0.05, 0.1) is 19.8 Å². The standard InChI is InChI=1S/C35H32F6O5/c1-3-5-14-43-26-19-44-34(45-20-26)24-17-30(38)33(31(39)18-24)35(40,41)46-25-10-6-21(7-11-25)22-8-12-27(28(36)15-22)23-9-13-32(42-4-2)29(37)16-23/h6-13,15-18,26,34H,3-5,14,19-20H2,1-2H3. The van der Waals surface area contributed by atoms with Crippen molar-refractivity contribution in [2.45, 2.75) is 45.2 Å². The lowest BCUT2D eigenvalue weighted by atomic mass is 9.99. The highest BCUT2D eigenvalue weighted by atomic mass is 19.3. The van der Waals surface area contributed by atoms with Crippen molar-refractivity contribution in [3.8, 4) is 33.8 Å². The summed E-state index contributed by atoms with van der Waals surface area (Å²) in [5, 5.41) is 0. The second-order valence-electron chi connectivity index (χ2n) is 10.6. The van der Waals surface area contributed by atoms with E-state index in [0.29, 0.717) is 23.3 Å². The summed E-state index contributed by atoms with van der Waals surface area (Å²) in [6, 6.07) is 15.0. The first kappa shape index (κ1) is 33.3. The van der Waals surface area contributed by atoms with Crippen molar-refractivity contribution in [2.24, 2.45) is 0 Å². The van der Waals surface area contributed by atoms with E-state index in [2.05, 4.69) is 0 Å². The van der Waals surface area contributed by atoms with Crippen LogP contribution in [0.4, 0.5) is 26.3 Å². The van der Waals surface area contributed by atoms with Gasteiger partial charge in [-0.2, -0.15) is 8.78 Å². The highest BCUT2D eigenvalue weighted by molar-refractivity contribution is 5.71. The first-order valence-corrected chi connectivity index (χ1v) is 14.8. The number of unbranched alkanes of at least 4 members (excludes halogenated alkanes) is 1. The molecule has 1 saturated heterocycles. The van der Waals surface area contributed by atoms with E-state index in [1.54, 1.807) is 13.0 Å². The molecular formula is C35H32F6O5. The zero-order chi connectivity index (χ0) is 32.8. The molecule has 1 aliphatic heterocycles. The van der Waals surface area contributed by atoms with E-state index in [4.69, 9.17) is 23.7 Å². The molecule has 0 spiro atoms. The summed E-state index contributed by atoms with van der Waals surface area (Å²) >= 11 is 0. The Morgan fingerprint density at radius 3 is 1.98 bits per heavy atom. The lowest BCUT2D eigenvalue weighted by Gasteiger charge is -2.30. The van der Waals surface area contributed by atoms with Crippen LogP contribution >= 0.6 is 0 Å². The minimum Gasteiger partial charge on any atom is -0.491 e. The molecule has 244 valence electrons. The molecule has 1 aliphatic rings. The Hall–Kier alpha value is -4.06. The maximum absolute atomic E-state index is 15.0. The Labute approximate surface area is 262 Å². The third-order valence-corrected chi connectivity index (χ3v) is 7.29. The van der Waals surface area contributed by atoms with E-state index in [0.717, 1.165) is 25.0 Å². The molecule has 4 aromatic rings. The molecule has 0 N–H and O–H groups in total. The normalized spacial score (nSPS) is 16.8. The van der Waals surface area contributed by atoms with Crippen LogP contribution in [0.2, 0.25) is 0 Å². The smallest absolute Gasteiger partial charge is 0.432 e. The largest absolute Gasteiger partial charge is 0.491 e. The molecule has 1 heterocycles. The van der Waals surface area contributed by atoms with E-state index in [9.17, 15) is 13.2 Å². The Balaban J connectivity index is 1.25. The molecule has 0 radical (unpaired) electrons. The van der Waals surface area contributed by atoms with Crippen molar-refractivity contribution < 1.29 is 50.0 Å². The lowest BCUT2D eigenvalue weighted by Crippen LogP contribution is -2.34. The van der Waals surface area contributed by atoms with E-state index >= 15 is 13.2 Å². The molecule has 5 nitrogen and oxygen atoms in total. The van der Waals surface area contributed by atoms with Crippen LogP contribution < -0.4 is 9.47 Å². The second kappa shape index (κ2) is 14.6. The summed E-state index contributed by atoms with van der Waals surface area (Å²) in [5.41, 5.74) is -0.348. The molecule has 0 unspecified atom stereocenters. The van der Waals surface area contributed by atoms with E-state index in [1.807, 2.05) is 6.92 Å². The molecule has 46 heavy (non-hydrogen) atoms. The average Bonchev–Trinajstić information content (AvgIpc) is 3.02. The summed E-state index contributed by atoms with van der Waals surface area (Å²) in [4.78, 5) is 0. The molecule has 0 atom stereocenters. The van der Waals surface area contributed by atoms with Gasteiger partial charge in [-0.05, 0) is 72.5 Å². The van der Waals surface area contributed by atoms with Crippen LogP contribution in [0.5, 0.6) is 11.5 Å².